The van der Waals surface area contributed by atoms with Crippen molar-refractivity contribution < 1.29 is 18.5 Å². The van der Waals surface area contributed by atoms with Crippen molar-refractivity contribution in [3.63, 3.8) is 0 Å². The number of amides is 2. The fraction of sp³-hybridized carbons (Fsp3) is 0.500. The predicted molar refractivity (Wildman–Crippen MR) is 112 cm³/mol. The second kappa shape index (κ2) is 8.42. The Kier molecular flexibility index (Phi) is 6.78. The standard InChI is InChI=1S/C18H26FN5O3S2/c1-9(2)13-11(19)7-21-14(10(3)4)15(13)23-16(25)24-29(20,27)17-22-8-12(28-17)18(5,6)26/h7-10,26H,1-6H3,(H3,20,23,24,25,27)/t29-/m1/s1. The average Bonchev–Trinajstić information content (AvgIpc) is 3.04. The first-order valence-corrected chi connectivity index (χ1v) is 11.4. The van der Waals surface area contributed by atoms with E-state index in [1.165, 1.54) is 6.20 Å². The van der Waals surface area contributed by atoms with Crippen molar-refractivity contribution in [2.75, 3.05) is 5.32 Å². The SMILES string of the molecule is CC(C)c1ncc(F)c(C(C)C)c1NC(=O)N=[S@@](N)(=O)c1ncc(C(C)(C)O)s1. The van der Waals surface area contributed by atoms with E-state index in [-0.39, 0.29) is 27.4 Å². The van der Waals surface area contributed by atoms with Gasteiger partial charge in [-0.2, -0.15) is 0 Å². The second-order valence-corrected chi connectivity index (χ2v) is 10.7. The van der Waals surface area contributed by atoms with Crippen molar-refractivity contribution in [2.24, 2.45) is 9.50 Å². The van der Waals surface area contributed by atoms with E-state index < -0.39 is 27.4 Å². The van der Waals surface area contributed by atoms with Gasteiger partial charge in [-0.25, -0.2) is 23.5 Å². The van der Waals surface area contributed by atoms with Gasteiger partial charge in [0.05, 0.1) is 28.1 Å². The topological polar surface area (TPSA) is 131 Å². The zero-order valence-corrected chi connectivity index (χ0v) is 18.8. The van der Waals surface area contributed by atoms with Gasteiger partial charge in [-0.3, -0.25) is 4.98 Å². The van der Waals surface area contributed by atoms with Gasteiger partial charge in [-0.1, -0.05) is 27.7 Å². The Morgan fingerprint density at radius 2 is 1.90 bits per heavy atom. The molecule has 0 fully saturated rings. The zero-order valence-electron chi connectivity index (χ0n) is 17.2. The van der Waals surface area contributed by atoms with Crippen LogP contribution in [0.15, 0.2) is 21.1 Å². The minimum absolute atomic E-state index is 0.0877. The number of hydrogen-bond acceptors (Lipinski definition) is 6. The van der Waals surface area contributed by atoms with E-state index in [9.17, 15) is 18.5 Å². The number of thiazole rings is 1. The third kappa shape index (κ3) is 5.35. The summed E-state index contributed by atoms with van der Waals surface area (Å²) in [5.74, 6) is -0.886. The highest BCUT2D eigenvalue weighted by Crippen LogP contribution is 2.33. The van der Waals surface area contributed by atoms with Crippen molar-refractivity contribution in [2.45, 2.75) is 63.3 Å². The van der Waals surface area contributed by atoms with Crippen LogP contribution in [0.4, 0.5) is 14.9 Å². The number of nitrogens with one attached hydrogen (secondary N) is 1. The molecule has 2 heterocycles. The Morgan fingerprint density at radius 1 is 1.28 bits per heavy atom. The maximum Gasteiger partial charge on any atom is 0.355 e. The maximum atomic E-state index is 14.4. The highest BCUT2D eigenvalue weighted by atomic mass is 32.2. The Bertz CT molecular complexity index is 1030. The molecular weight excluding hydrogens is 417 g/mol. The lowest BCUT2D eigenvalue weighted by molar-refractivity contribution is 0.0823. The van der Waals surface area contributed by atoms with Crippen LogP contribution >= 0.6 is 11.3 Å². The summed E-state index contributed by atoms with van der Waals surface area (Å²) in [6.07, 6.45) is 2.46. The molecule has 8 nitrogen and oxygen atoms in total. The Hall–Kier alpha value is -1.95. The number of carbonyl (C=O) groups is 1. The van der Waals surface area contributed by atoms with Gasteiger partial charge in [0.15, 0.2) is 9.92 Å². The fourth-order valence-electron chi connectivity index (χ4n) is 2.62. The van der Waals surface area contributed by atoms with Crippen LogP contribution in [-0.2, 0) is 15.5 Å². The molecule has 0 spiro atoms. The van der Waals surface area contributed by atoms with Gasteiger partial charge in [0, 0.05) is 11.8 Å². The van der Waals surface area contributed by atoms with Gasteiger partial charge < -0.3 is 10.4 Å². The summed E-state index contributed by atoms with van der Waals surface area (Å²) in [6.45, 7) is 10.4. The van der Waals surface area contributed by atoms with E-state index in [0.717, 1.165) is 17.5 Å². The molecule has 1 atom stereocenters. The minimum atomic E-state index is -3.65. The summed E-state index contributed by atoms with van der Waals surface area (Å²) < 4.78 is 30.6. The molecule has 0 aliphatic rings. The highest BCUT2D eigenvalue weighted by Gasteiger charge is 2.24. The molecule has 0 aliphatic carbocycles. The summed E-state index contributed by atoms with van der Waals surface area (Å²) >= 11 is 0.906. The maximum absolute atomic E-state index is 14.4. The van der Waals surface area contributed by atoms with Crippen molar-refractivity contribution in [3.8, 4) is 0 Å². The first-order valence-electron chi connectivity index (χ1n) is 8.97. The lowest BCUT2D eigenvalue weighted by Crippen LogP contribution is -2.20. The molecule has 0 saturated carbocycles. The number of nitrogens with two attached hydrogens (primary N) is 1. The van der Waals surface area contributed by atoms with Crippen LogP contribution in [0.1, 0.15) is 69.5 Å². The smallest absolute Gasteiger partial charge is 0.355 e. The monoisotopic (exact) mass is 443 g/mol. The first-order chi connectivity index (χ1) is 13.2. The van der Waals surface area contributed by atoms with Crippen LogP contribution in [0.3, 0.4) is 0 Å². The quantitative estimate of drug-likeness (QED) is 0.641. The van der Waals surface area contributed by atoms with E-state index in [2.05, 4.69) is 19.6 Å². The number of hydrogen-bond donors (Lipinski definition) is 3. The van der Waals surface area contributed by atoms with Crippen LogP contribution in [0.25, 0.3) is 0 Å². The Balaban J connectivity index is 2.46. The zero-order chi connectivity index (χ0) is 22.1. The number of urea groups is 1. The molecular formula is C18H26FN5O3S2. The molecule has 160 valence electrons. The van der Waals surface area contributed by atoms with Gasteiger partial charge in [0.25, 0.3) is 0 Å². The number of nitrogens with zero attached hydrogens (tertiary/aromatic N) is 3. The number of aromatic nitrogens is 2. The molecule has 4 N–H and O–H groups in total. The largest absolute Gasteiger partial charge is 0.385 e. The number of carbonyl (C=O) groups excluding carboxylic acids is 1. The molecule has 0 bridgehead atoms. The third-order valence-corrected chi connectivity index (χ3v) is 7.13. The van der Waals surface area contributed by atoms with Crippen molar-refractivity contribution in [1.29, 1.82) is 0 Å². The normalized spacial score (nSPS) is 14.2. The molecule has 0 unspecified atom stereocenters. The first kappa shape index (κ1) is 23.3. The number of halogens is 1. The van der Waals surface area contributed by atoms with Gasteiger partial charge >= 0.3 is 6.03 Å². The van der Waals surface area contributed by atoms with Crippen LogP contribution < -0.4 is 10.5 Å². The molecule has 29 heavy (non-hydrogen) atoms. The molecule has 0 saturated heterocycles. The molecule has 2 aromatic rings. The van der Waals surface area contributed by atoms with Crippen molar-refractivity contribution in [3.05, 3.63) is 34.3 Å². The molecule has 2 amide bonds. The van der Waals surface area contributed by atoms with Gasteiger partial charge in [-0.05, 0) is 25.7 Å². The Morgan fingerprint density at radius 3 is 2.38 bits per heavy atom. The van der Waals surface area contributed by atoms with Crippen LogP contribution in [0.2, 0.25) is 0 Å². The lowest BCUT2D eigenvalue weighted by atomic mass is 9.96. The van der Waals surface area contributed by atoms with Crippen molar-refractivity contribution >= 4 is 33.0 Å². The summed E-state index contributed by atoms with van der Waals surface area (Å²) in [7, 11) is -3.65. The second-order valence-electron chi connectivity index (χ2n) is 7.73. The minimum Gasteiger partial charge on any atom is -0.385 e. The number of pyridine rings is 1. The van der Waals surface area contributed by atoms with Gasteiger partial charge in [0.1, 0.15) is 5.82 Å². The van der Waals surface area contributed by atoms with E-state index in [0.29, 0.717) is 10.6 Å². The van der Waals surface area contributed by atoms with Crippen LogP contribution in [0, 0.1) is 5.82 Å². The van der Waals surface area contributed by atoms with E-state index in [1.54, 1.807) is 27.7 Å². The molecule has 2 aromatic heterocycles. The van der Waals surface area contributed by atoms with Gasteiger partial charge in [-0.15, -0.1) is 15.7 Å². The van der Waals surface area contributed by atoms with E-state index in [4.69, 9.17) is 5.14 Å². The summed E-state index contributed by atoms with van der Waals surface area (Å²) in [4.78, 5) is 21.0. The fourth-order valence-corrected chi connectivity index (χ4v) is 4.70. The van der Waals surface area contributed by atoms with Crippen molar-refractivity contribution in [1.82, 2.24) is 9.97 Å². The highest BCUT2D eigenvalue weighted by molar-refractivity contribution is 7.93. The Labute approximate surface area is 174 Å². The third-order valence-electron chi connectivity index (χ3n) is 4.01. The molecule has 2 rings (SSSR count). The average molecular weight is 444 g/mol. The molecule has 0 radical (unpaired) electrons. The molecule has 11 heteroatoms. The number of rotatable bonds is 5. The van der Waals surface area contributed by atoms with E-state index in [1.807, 2.05) is 13.8 Å². The van der Waals surface area contributed by atoms with Gasteiger partial charge in [0.2, 0.25) is 4.34 Å². The van der Waals surface area contributed by atoms with E-state index >= 15 is 0 Å². The summed E-state index contributed by atoms with van der Waals surface area (Å²) in [5, 5.41) is 18.3. The van der Waals surface area contributed by atoms with Crippen LogP contribution in [-0.4, -0.2) is 25.3 Å². The number of aliphatic hydroxyl groups is 1. The summed E-state index contributed by atoms with van der Waals surface area (Å²) in [5.41, 5.74) is -0.218. The summed E-state index contributed by atoms with van der Waals surface area (Å²) in [6, 6.07) is -0.992. The lowest BCUT2D eigenvalue weighted by Gasteiger charge is -2.19. The molecule has 0 aromatic carbocycles. The number of anilines is 1. The molecule has 0 aliphatic heterocycles. The van der Waals surface area contributed by atoms with Crippen LogP contribution in [0.5, 0.6) is 0 Å². The predicted octanol–water partition coefficient (Wildman–Crippen LogP) is 4.08.